The molecule has 0 unspecified atom stereocenters. The second-order valence-electron chi connectivity index (χ2n) is 3.69. The number of amides is 1. The van der Waals surface area contributed by atoms with Crippen molar-refractivity contribution in [1.82, 2.24) is 10.3 Å². The van der Waals surface area contributed by atoms with E-state index >= 15 is 0 Å². The van der Waals surface area contributed by atoms with E-state index in [1.54, 1.807) is 0 Å². The molecule has 5 nitrogen and oxygen atoms in total. The Bertz CT molecular complexity index is 494. The summed E-state index contributed by atoms with van der Waals surface area (Å²) in [6.45, 7) is 0.338. The third kappa shape index (κ3) is 4.86. The van der Waals surface area contributed by atoms with E-state index in [1.165, 1.54) is 6.20 Å². The van der Waals surface area contributed by atoms with Crippen molar-refractivity contribution in [3.63, 3.8) is 0 Å². The lowest BCUT2D eigenvalue weighted by atomic mass is 10.2. The molecule has 0 aliphatic rings. The second-order valence-corrected chi connectivity index (χ2v) is 4.85. The van der Waals surface area contributed by atoms with Crippen LogP contribution in [-0.2, 0) is 4.79 Å². The molecule has 1 aromatic heterocycles. The number of carbonyl (C=O) groups excluding carboxylic acids is 1. The summed E-state index contributed by atoms with van der Waals surface area (Å²) < 4.78 is 0. The van der Waals surface area contributed by atoms with Gasteiger partial charge in [0.05, 0.1) is 15.1 Å². The molecule has 2 N–H and O–H groups in total. The number of nitrogens with zero attached hydrogens (tertiary/aromatic N) is 1. The van der Waals surface area contributed by atoms with Crippen LogP contribution in [0.5, 0.6) is 0 Å². The van der Waals surface area contributed by atoms with Crippen LogP contribution in [0, 0.1) is 0 Å². The molecular formula is C11H11Cl3N2O3. The number of rotatable bonds is 6. The zero-order valence-electron chi connectivity index (χ0n) is 9.75. The lowest BCUT2D eigenvalue weighted by Gasteiger charge is -2.07. The van der Waals surface area contributed by atoms with Crippen LogP contribution in [-0.4, -0.2) is 28.5 Å². The maximum absolute atomic E-state index is 11.7. The summed E-state index contributed by atoms with van der Waals surface area (Å²) in [5.74, 6) is -1.33. The topological polar surface area (TPSA) is 79.3 Å². The quantitative estimate of drug-likeness (QED) is 0.788. The van der Waals surface area contributed by atoms with Crippen LogP contribution in [0.4, 0.5) is 0 Å². The molecule has 0 aromatic carbocycles. The van der Waals surface area contributed by atoms with E-state index < -0.39 is 11.9 Å². The van der Waals surface area contributed by atoms with Crippen LogP contribution in [0.3, 0.4) is 0 Å². The van der Waals surface area contributed by atoms with Crippen LogP contribution in [0.2, 0.25) is 15.1 Å². The van der Waals surface area contributed by atoms with Gasteiger partial charge < -0.3 is 10.4 Å². The fourth-order valence-corrected chi connectivity index (χ4v) is 1.85. The van der Waals surface area contributed by atoms with Crippen molar-refractivity contribution in [2.75, 3.05) is 6.54 Å². The van der Waals surface area contributed by atoms with Gasteiger partial charge in [0.15, 0.2) is 0 Å². The molecule has 19 heavy (non-hydrogen) atoms. The average Bonchev–Trinajstić information content (AvgIpc) is 2.35. The summed E-state index contributed by atoms with van der Waals surface area (Å²) in [6, 6.07) is 0. The Hall–Kier alpha value is -1.04. The maximum Gasteiger partial charge on any atom is 0.303 e. The third-order valence-corrected chi connectivity index (χ3v) is 3.48. The van der Waals surface area contributed by atoms with Crippen molar-refractivity contribution in [3.8, 4) is 0 Å². The molecule has 1 aromatic rings. The molecular weight excluding hydrogens is 314 g/mol. The van der Waals surface area contributed by atoms with Gasteiger partial charge in [-0.25, -0.2) is 4.98 Å². The molecule has 0 aliphatic carbocycles. The van der Waals surface area contributed by atoms with Crippen molar-refractivity contribution < 1.29 is 14.7 Å². The number of carbonyl (C=O) groups is 2. The minimum atomic E-state index is -0.861. The number of aliphatic carboxylic acids is 1. The Morgan fingerprint density at radius 3 is 2.53 bits per heavy atom. The highest BCUT2D eigenvalue weighted by molar-refractivity contribution is 6.48. The largest absolute Gasteiger partial charge is 0.481 e. The minimum Gasteiger partial charge on any atom is -0.481 e. The highest BCUT2D eigenvalue weighted by atomic mass is 35.5. The summed E-state index contributed by atoms with van der Waals surface area (Å²) in [5, 5.41) is 11.3. The Balaban J connectivity index is 2.50. The van der Waals surface area contributed by atoms with Crippen LogP contribution >= 0.6 is 34.8 Å². The van der Waals surface area contributed by atoms with Crippen molar-refractivity contribution in [1.29, 1.82) is 0 Å². The molecule has 1 amide bonds. The van der Waals surface area contributed by atoms with E-state index in [0.717, 1.165) is 0 Å². The van der Waals surface area contributed by atoms with Gasteiger partial charge in [0, 0.05) is 19.2 Å². The summed E-state index contributed by atoms with van der Waals surface area (Å²) in [6.07, 6.45) is 2.35. The van der Waals surface area contributed by atoms with Crippen molar-refractivity contribution in [2.45, 2.75) is 19.3 Å². The number of hydrogen-bond donors (Lipinski definition) is 2. The molecule has 0 saturated heterocycles. The molecule has 8 heteroatoms. The van der Waals surface area contributed by atoms with Crippen LogP contribution in [0.15, 0.2) is 6.20 Å². The standard InChI is InChI=1S/C11H11Cl3N2O3/c12-6-5-16-10(9(14)8(6)13)11(19)15-4-2-1-3-7(17)18/h5H,1-4H2,(H,15,19)(H,17,18). The lowest BCUT2D eigenvalue weighted by Crippen LogP contribution is -2.25. The molecule has 0 atom stereocenters. The highest BCUT2D eigenvalue weighted by Crippen LogP contribution is 2.30. The van der Waals surface area contributed by atoms with Gasteiger partial charge in [-0.05, 0) is 12.8 Å². The average molecular weight is 326 g/mol. The molecule has 0 fully saturated rings. The zero-order valence-corrected chi connectivity index (χ0v) is 12.0. The molecule has 0 saturated carbocycles. The summed E-state index contributed by atoms with van der Waals surface area (Å²) in [7, 11) is 0. The first-order valence-corrected chi connectivity index (χ1v) is 6.56. The number of carboxylic acid groups (broad SMARTS) is 1. The first kappa shape index (κ1) is 16.0. The molecule has 104 valence electrons. The lowest BCUT2D eigenvalue weighted by molar-refractivity contribution is -0.137. The van der Waals surface area contributed by atoms with Crippen LogP contribution in [0.25, 0.3) is 0 Å². The Kier molecular flexibility index (Phi) is 6.34. The fourth-order valence-electron chi connectivity index (χ4n) is 1.29. The highest BCUT2D eigenvalue weighted by Gasteiger charge is 2.16. The summed E-state index contributed by atoms with van der Waals surface area (Å²) in [4.78, 5) is 25.9. The predicted molar refractivity (Wildman–Crippen MR) is 73.1 cm³/mol. The van der Waals surface area contributed by atoms with Gasteiger partial charge in [-0.2, -0.15) is 0 Å². The molecule has 0 bridgehead atoms. The molecule has 0 radical (unpaired) electrons. The smallest absolute Gasteiger partial charge is 0.303 e. The minimum absolute atomic E-state index is 0.00259. The van der Waals surface area contributed by atoms with Gasteiger partial charge in [0.1, 0.15) is 5.69 Å². The number of carboxylic acids is 1. The zero-order chi connectivity index (χ0) is 14.4. The maximum atomic E-state index is 11.7. The number of nitrogens with one attached hydrogen (secondary N) is 1. The van der Waals surface area contributed by atoms with E-state index in [1.807, 2.05) is 0 Å². The SMILES string of the molecule is O=C(O)CCCCNC(=O)c1ncc(Cl)c(Cl)c1Cl. The normalized spacial score (nSPS) is 10.3. The van der Waals surface area contributed by atoms with E-state index in [-0.39, 0.29) is 27.2 Å². The Morgan fingerprint density at radius 2 is 1.89 bits per heavy atom. The van der Waals surface area contributed by atoms with Crippen molar-refractivity contribution in [2.24, 2.45) is 0 Å². The molecule has 1 rings (SSSR count). The van der Waals surface area contributed by atoms with Crippen LogP contribution in [0.1, 0.15) is 29.8 Å². The van der Waals surface area contributed by atoms with Crippen molar-refractivity contribution >= 4 is 46.7 Å². The van der Waals surface area contributed by atoms with Gasteiger partial charge >= 0.3 is 5.97 Å². The van der Waals surface area contributed by atoms with Gasteiger partial charge in [0.25, 0.3) is 5.91 Å². The van der Waals surface area contributed by atoms with E-state index in [2.05, 4.69) is 10.3 Å². The number of halogens is 3. The summed E-state index contributed by atoms with van der Waals surface area (Å²) >= 11 is 17.4. The Morgan fingerprint density at radius 1 is 1.21 bits per heavy atom. The number of aromatic nitrogens is 1. The summed E-state index contributed by atoms with van der Waals surface area (Å²) in [5.41, 5.74) is -0.00528. The van der Waals surface area contributed by atoms with Gasteiger partial charge in [0.2, 0.25) is 0 Å². The van der Waals surface area contributed by atoms with Gasteiger partial charge in [-0.3, -0.25) is 9.59 Å². The first-order chi connectivity index (χ1) is 8.93. The monoisotopic (exact) mass is 324 g/mol. The number of pyridine rings is 1. The number of unbranched alkanes of at least 4 members (excludes halogenated alkanes) is 1. The molecule has 1 heterocycles. The van der Waals surface area contributed by atoms with E-state index in [9.17, 15) is 9.59 Å². The number of hydrogen-bond acceptors (Lipinski definition) is 3. The third-order valence-electron chi connectivity index (χ3n) is 2.24. The fraction of sp³-hybridized carbons (Fsp3) is 0.364. The molecule has 0 spiro atoms. The predicted octanol–water partition coefficient (Wildman–Crippen LogP) is 3.03. The van der Waals surface area contributed by atoms with E-state index in [0.29, 0.717) is 19.4 Å². The first-order valence-electron chi connectivity index (χ1n) is 5.43. The van der Waals surface area contributed by atoms with Crippen molar-refractivity contribution in [3.05, 3.63) is 27.0 Å². The van der Waals surface area contributed by atoms with Crippen LogP contribution < -0.4 is 5.32 Å². The molecule has 0 aliphatic heterocycles. The van der Waals surface area contributed by atoms with E-state index in [4.69, 9.17) is 39.9 Å². The second kappa shape index (κ2) is 7.53. The van der Waals surface area contributed by atoms with Gasteiger partial charge in [-0.1, -0.05) is 34.8 Å². The Labute approximate surface area is 124 Å². The van der Waals surface area contributed by atoms with Gasteiger partial charge in [-0.15, -0.1) is 0 Å².